The predicted octanol–water partition coefficient (Wildman–Crippen LogP) is 1.15. The summed E-state index contributed by atoms with van der Waals surface area (Å²) in [5.74, 6) is -0.637. The number of hydrogen-bond donors (Lipinski definition) is 1. The molecule has 14 heavy (non-hydrogen) atoms. The summed E-state index contributed by atoms with van der Waals surface area (Å²) in [6, 6.07) is 0. The van der Waals surface area contributed by atoms with Gasteiger partial charge in [-0.3, -0.25) is 9.59 Å². The number of ether oxygens (including phenoxy) is 1. The minimum absolute atomic E-state index is 0.197. The van der Waals surface area contributed by atoms with Gasteiger partial charge in [0.15, 0.2) is 0 Å². The molecular weight excluding hydrogens is 182 g/mol. The van der Waals surface area contributed by atoms with Crippen LogP contribution >= 0.6 is 0 Å². The number of rotatable bonds is 6. The first-order valence-electron chi connectivity index (χ1n) is 4.70. The molecule has 1 amide bonds. The van der Waals surface area contributed by atoms with Crippen molar-refractivity contribution in [2.45, 2.75) is 33.1 Å². The molecule has 4 nitrogen and oxygen atoms in total. The van der Waals surface area contributed by atoms with Crippen molar-refractivity contribution >= 4 is 11.9 Å². The predicted molar refractivity (Wildman–Crippen MR) is 53.4 cm³/mol. The lowest BCUT2D eigenvalue weighted by molar-refractivity contribution is -0.143. The van der Waals surface area contributed by atoms with Crippen LogP contribution in [0.2, 0.25) is 0 Å². The van der Waals surface area contributed by atoms with Crippen LogP contribution in [0.4, 0.5) is 0 Å². The van der Waals surface area contributed by atoms with Gasteiger partial charge in [-0.1, -0.05) is 13.0 Å². The van der Waals surface area contributed by atoms with Crippen molar-refractivity contribution < 1.29 is 14.3 Å². The van der Waals surface area contributed by atoms with Crippen LogP contribution < -0.4 is 5.73 Å². The molecule has 0 atom stereocenters. The highest BCUT2D eigenvalue weighted by molar-refractivity contribution is 5.91. The molecule has 0 aliphatic heterocycles. The Morgan fingerprint density at radius 2 is 2.07 bits per heavy atom. The molecule has 0 aromatic heterocycles. The number of esters is 1. The second-order valence-electron chi connectivity index (χ2n) is 3.01. The Kier molecular flexibility index (Phi) is 6.45. The van der Waals surface area contributed by atoms with E-state index in [1.807, 2.05) is 6.92 Å². The fourth-order valence-corrected chi connectivity index (χ4v) is 0.825. The molecule has 0 unspecified atom stereocenters. The van der Waals surface area contributed by atoms with Crippen LogP contribution in [0.1, 0.15) is 33.1 Å². The molecule has 0 radical (unpaired) electrons. The Morgan fingerprint density at radius 1 is 1.43 bits per heavy atom. The molecule has 0 aliphatic rings. The summed E-state index contributed by atoms with van der Waals surface area (Å²) in [6.07, 6.45) is 3.43. The molecule has 0 aromatic rings. The third-order valence-electron chi connectivity index (χ3n) is 1.67. The highest BCUT2D eigenvalue weighted by Gasteiger charge is 1.99. The van der Waals surface area contributed by atoms with Crippen LogP contribution in [0.25, 0.3) is 0 Å². The Labute approximate surface area is 84.1 Å². The average Bonchev–Trinajstić information content (AvgIpc) is 2.12. The van der Waals surface area contributed by atoms with E-state index in [0.29, 0.717) is 25.0 Å². The average molecular weight is 199 g/mol. The van der Waals surface area contributed by atoms with Crippen LogP contribution in [-0.4, -0.2) is 18.5 Å². The minimum atomic E-state index is -0.440. The number of amides is 1. The quantitative estimate of drug-likeness (QED) is 0.396. The maximum absolute atomic E-state index is 10.9. The first kappa shape index (κ1) is 12.7. The van der Waals surface area contributed by atoms with E-state index in [0.717, 1.165) is 6.42 Å². The monoisotopic (exact) mass is 199 g/mol. The fraction of sp³-hybridized carbons (Fsp3) is 0.600. The smallest absolute Gasteiger partial charge is 0.305 e. The van der Waals surface area contributed by atoms with Crippen molar-refractivity contribution in [3.05, 3.63) is 11.6 Å². The van der Waals surface area contributed by atoms with E-state index >= 15 is 0 Å². The second kappa shape index (κ2) is 7.12. The molecular formula is C10H17NO3. The van der Waals surface area contributed by atoms with Crippen molar-refractivity contribution in [3.63, 3.8) is 0 Å². The third-order valence-corrected chi connectivity index (χ3v) is 1.67. The first-order chi connectivity index (χ1) is 6.57. The lowest BCUT2D eigenvalue weighted by Gasteiger charge is -2.01. The summed E-state index contributed by atoms with van der Waals surface area (Å²) in [7, 11) is 0. The van der Waals surface area contributed by atoms with Crippen LogP contribution in [0.3, 0.4) is 0 Å². The van der Waals surface area contributed by atoms with Crippen molar-refractivity contribution in [2.24, 2.45) is 5.73 Å². The topological polar surface area (TPSA) is 69.4 Å². The SMILES string of the molecule is CCCC(=O)OCCC=C(C)C(N)=O. The highest BCUT2D eigenvalue weighted by Crippen LogP contribution is 1.96. The molecule has 0 saturated heterocycles. The summed E-state index contributed by atoms with van der Waals surface area (Å²) in [5, 5.41) is 0. The molecule has 80 valence electrons. The first-order valence-corrected chi connectivity index (χ1v) is 4.70. The summed E-state index contributed by atoms with van der Waals surface area (Å²) in [6.45, 7) is 3.86. The Hall–Kier alpha value is -1.32. The molecule has 2 N–H and O–H groups in total. The molecule has 0 rings (SSSR count). The van der Waals surface area contributed by atoms with E-state index in [9.17, 15) is 9.59 Å². The standard InChI is InChI=1S/C10H17NO3/c1-3-5-9(12)14-7-4-6-8(2)10(11)13/h6H,3-5,7H2,1-2H3,(H2,11,13). The van der Waals surface area contributed by atoms with Gasteiger partial charge in [-0.05, 0) is 13.3 Å². The largest absolute Gasteiger partial charge is 0.465 e. The van der Waals surface area contributed by atoms with Crippen LogP contribution in [-0.2, 0) is 14.3 Å². The number of hydrogen-bond acceptors (Lipinski definition) is 3. The summed E-state index contributed by atoms with van der Waals surface area (Å²) >= 11 is 0. The zero-order valence-corrected chi connectivity index (χ0v) is 8.71. The van der Waals surface area contributed by atoms with E-state index in [4.69, 9.17) is 10.5 Å². The molecule has 0 saturated carbocycles. The molecule has 0 fully saturated rings. The van der Waals surface area contributed by atoms with E-state index in [1.54, 1.807) is 13.0 Å². The maximum Gasteiger partial charge on any atom is 0.305 e. The lowest BCUT2D eigenvalue weighted by atomic mass is 10.2. The van der Waals surface area contributed by atoms with Crippen LogP contribution in [0.15, 0.2) is 11.6 Å². The number of primary amides is 1. The van der Waals surface area contributed by atoms with Gasteiger partial charge in [0.1, 0.15) is 0 Å². The summed E-state index contributed by atoms with van der Waals surface area (Å²) < 4.78 is 4.88. The number of carbonyl (C=O) groups is 2. The van der Waals surface area contributed by atoms with E-state index in [1.165, 1.54) is 0 Å². The lowest BCUT2D eigenvalue weighted by Crippen LogP contribution is -2.12. The molecule has 0 aliphatic carbocycles. The molecule has 0 spiro atoms. The zero-order chi connectivity index (χ0) is 11.0. The van der Waals surface area contributed by atoms with Gasteiger partial charge in [-0.15, -0.1) is 0 Å². The minimum Gasteiger partial charge on any atom is -0.465 e. The maximum atomic E-state index is 10.9. The molecule has 0 aromatic carbocycles. The summed E-state index contributed by atoms with van der Waals surface area (Å²) in [5.41, 5.74) is 5.51. The van der Waals surface area contributed by atoms with Crippen LogP contribution in [0.5, 0.6) is 0 Å². The molecule has 0 heterocycles. The fourth-order valence-electron chi connectivity index (χ4n) is 0.825. The van der Waals surface area contributed by atoms with E-state index in [2.05, 4.69) is 0 Å². The Balaban J connectivity index is 3.60. The Morgan fingerprint density at radius 3 is 2.57 bits per heavy atom. The van der Waals surface area contributed by atoms with Gasteiger partial charge >= 0.3 is 5.97 Å². The van der Waals surface area contributed by atoms with Gasteiger partial charge < -0.3 is 10.5 Å². The number of carbonyl (C=O) groups excluding carboxylic acids is 2. The van der Waals surface area contributed by atoms with Crippen LogP contribution in [0, 0.1) is 0 Å². The Bertz CT molecular complexity index is 234. The van der Waals surface area contributed by atoms with Gasteiger partial charge in [-0.25, -0.2) is 0 Å². The zero-order valence-electron chi connectivity index (χ0n) is 8.71. The van der Waals surface area contributed by atoms with Crippen molar-refractivity contribution in [2.75, 3.05) is 6.61 Å². The normalized spacial score (nSPS) is 11.1. The van der Waals surface area contributed by atoms with E-state index in [-0.39, 0.29) is 5.97 Å². The second-order valence-corrected chi connectivity index (χ2v) is 3.01. The van der Waals surface area contributed by atoms with E-state index < -0.39 is 5.91 Å². The van der Waals surface area contributed by atoms with Gasteiger partial charge in [-0.2, -0.15) is 0 Å². The van der Waals surface area contributed by atoms with Gasteiger partial charge in [0.05, 0.1) is 6.61 Å². The molecule has 4 heteroatoms. The van der Waals surface area contributed by atoms with Crippen molar-refractivity contribution in [1.82, 2.24) is 0 Å². The van der Waals surface area contributed by atoms with Gasteiger partial charge in [0.25, 0.3) is 0 Å². The highest BCUT2D eigenvalue weighted by atomic mass is 16.5. The van der Waals surface area contributed by atoms with Crippen molar-refractivity contribution in [1.29, 1.82) is 0 Å². The van der Waals surface area contributed by atoms with Crippen molar-refractivity contribution in [3.8, 4) is 0 Å². The number of nitrogens with two attached hydrogens (primary N) is 1. The van der Waals surface area contributed by atoms with Gasteiger partial charge in [0, 0.05) is 18.4 Å². The third kappa shape index (κ3) is 6.22. The molecule has 0 bridgehead atoms. The van der Waals surface area contributed by atoms with Gasteiger partial charge in [0.2, 0.25) is 5.91 Å². The summed E-state index contributed by atoms with van der Waals surface area (Å²) in [4.78, 5) is 21.5.